The summed E-state index contributed by atoms with van der Waals surface area (Å²) in [6.07, 6.45) is 10.1. The minimum absolute atomic E-state index is 0.0252. The molecule has 1 N–H and O–H groups in total. The average molecular weight is 439 g/mol. The van der Waals surface area contributed by atoms with Crippen molar-refractivity contribution in [1.82, 2.24) is 10.2 Å². The van der Waals surface area contributed by atoms with E-state index in [4.69, 9.17) is 9.15 Å². The summed E-state index contributed by atoms with van der Waals surface area (Å²) in [6, 6.07) is 4.50. The van der Waals surface area contributed by atoms with E-state index in [1.807, 2.05) is 19.1 Å². The molecule has 2 aliphatic heterocycles. The van der Waals surface area contributed by atoms with Crippen molar-refractivity contribution in [3.8, 4) is 5.75 Å². The van der Waals surface area contributed by atoms with Crippen LogP contribution in [0.4, 0.5) is 0 Å². The van der Waals surface area contributed by atoms with Crippen LogP contribution in [0.1, 0.15) is 61.6 Å². The Bertz CT molecular complexity index is 1060. The zero-order valence-electron chi connectivity index (χ0n) is 19.1. The van der Waals surface area contributed by atoms with E-state index in [-0.39, 0.29) is 18.1 Å². The highest BCUT2D eigenvalue weighted by molar-refractivity contribution is 5.86. The SMILES string of the molecule is Cc1c(OCC(=O)NC[C@H]2CCCN3CCCC[C@H]23)ccc2c3c(c(=O)oc12)CCCC3. The van der Waals surface area contributed by atoms with E-state index in [1.54, 1.807) is 0 Å². The summed E-state index contributed by atoms with van der Waals surface area (Å²) < 4.78 is 11.5. The lowest BCUT2D eigenvalue weighted by atomic mass is 9.83. The fourth-order valence-electron chi connectivity index (χ4n) is 6.04. The Morgan fingerprint density at radius 2 is 1.91 bits per heavy atom. The lowest BCUT2D eigenvalue weighted by Crippen LogP contribution is -2.51. The third-order valence-corrected chi connectivity index (χ3v) is 7.74. The summed E-state index contributed by atoms with van der Waals surface area (Å²) in [5.74, 6) is 1.04. The number of rotatable bonds is 5. The Morgan fingerprint density at radius 1 is 1.09 bits per heavy atom. The Kier molecular flexibility index (Phi) is 6.22. The second kappa shape index (κ2) is 9.26. The summed E-state index contributed by atoms with van der Waals surface area (Å²) >= 11 is 0. The number of nitrogens with zero attached hydrogens (tertiary/aromatic N) is 1. The Labute approximate surface area is 189 Å². The van der Waals surface area contributed by atoms with Crippen LogP contribution in [0.25, 0.3) is 11.0 Å². The summed E-state index contributed by atoms with van der Waals surface area (Å²) in [4.78, 5) is 27.6. The van der Waals surface area contributed by atoms with Gasteiger partial charge in [0, 0.05) is 29.1 Å². The molecule has 5 rings (SSSR count). The first kappa shape index (κ1) is 21.5. The number of benzene rings is 1. The molecule has 3 heterocycles. The van der Waals surface area contributed by atoms with Gasteiger partial charge in [0.25, 0.3) is 5.91 Å². The maximum Gasteiger partial charge on any atom is 0.339 e. The number of fused-ring (bicyclic) bond motifs is 4. The molecule has 0 bridgehead atoms. The Balaban J connectivity index is 1.23. The second-order valence-electron chi connectivity index (χ2n) is 9.71. The predicted octanol–water partition coefficient (Wildman–Crippen LogP) is 3.74. The quantitative estimate of drug-likeness (QED) is 0.720. The van der Waals surface area contributed by atoms with Crippen LogP contribution in [0.3, 0.4) is 0 Å². The third-order valence-electron chi connectivity index (χ3n) is 7.74. The first-order valence-electron chi connectivity index (χ1n) is 12.3. The van der Waals surface area contributed by atoms with Crippen LogP contribution < -0.4 is 15.7 Å². The fourth-order valence-corrected chi connectivity index (χ4v) is 6.04. The molecule has 1 aromatic heterocycles. The van der Waals surface area contributed by atoms with E-state index < -0.39 is 0 Å². The molecule has 2 fully saturated rings. The van der Waals surface area contributed by atoms with E-state index in [2.05, 4.69) is 10.2 Å². The van der Waals surface area contributed by atoms with E-state index in [0.29, 0.717) is 23.3 Å². The number of nitrogens with one attached hydrogen (secondary N) is 1. The molecule has 0 radical (unpaired) electrons. The number of aryl methyl sites for hydroxylation is 2. The molecule has 3 aliphatic rings. The van der Waals surface area contributed by atoms with Gasteiger partial charge in [0.15, 0.2) is 6.61 Å². The van der Waals surface area contributed by atoms with Crippen molar-refractivity contribution in [3.63, 3.8) is 0 Å². The van der Waals surface area contributed by atoms with Crippen molar-refractivity contribution in [2.75, 3.05) is 26.2 Å². The maximum atomic E-state index is 12.5. The van der Waals surface area contributed by atoms with Crippen LogP contribution in [0.5, 0.6) is 5.75 Å². The number of hydrogen-bond acceptors (Lipinski definition) is 5. The van der Waals surface area contributed by atoms with Gasteiger partial charge in [0.05, 0.1) is 0 Å². The summed E-state index contributed by atoms with van der Waals surface area (Å²) in [6.45, 7) is 5.01. The van der Waals surface area contributed by atoms with Gasteiger partial charge in [-0.15, -0.1) is 0 Å². The molecule has 2 aromatic rings. The molecule has 0 spiro atoms. The van der Waals surface area contributed by atoms with E-state index in [9.17, 15) is 9.59 Å². The van der Waals surface area contributed by atoms with E-state index in [1.165, 1.54) is 45.2 Å². The van der Waals surface area contributed by atoms with Crippen LogP contribution in [0.15, 0.2) is 21.3 Å². The number of amides is 1. The normalized spacial score (nSPS) is 23.4. The molecule has 1 aromatic carbocycles. The molecule has 0 unspecified atom stereocenters. The van der Waals surface area contributed by atoms with Crippen LogP contribution in [0.2, 0.25) is 0 Å². The first-order chi connectivity index (χ1) is 15.6. The largest absolute Gasteiger partial charge is 0.483 e. The predicted molar refractivity (Wildman–Crippen MR) is 124 cm³/mol. The van der Waals surface area contributed by atoms with Crippen molar-refractivity contribution in [1.29, 1.82) is 0 Å². The molecule has 32 heavy (non-hydrogen) atoms. The maximum absolute atomic E-state index is 12.5. The minimum atomic E-state index is -0.227. The molecular weight excluding hydrogens is 404 g/mol. The van der Waals surface area contributed by atoms with Gasteiger partial charge >= 0.3 is 5.63 Å². The first-order valence-corrected chi connectivity index (χ1v) is 12.3. The van der Waals surface area contributed by atoms with Crippen LogP contribution >= 0.6 is 0 Å². The summed E-state index contributed by atoms with van der Waals surface area (Å²) in [5, 5.41) is 4.10. The third kappa shape index (κ3) is 4.17. The van der Waals surface area contributed by atoms with Gasteiger partial charge < -0.3 is 19.4 Å². The summed E-state index contributed by atoms with van der Waals surface area (Å²) in [7, 11) is 0. The van der Waals surface area contributed by atoms with Gasteiger partial charge in [0.2, 0.25) is 0 Å². The number of ether oxygens (including phenoxy) is 1. The van der Waals surface area contributed by atoms with Crippen molar-refractivity contribution < 1.29 is 13.9 Å². The molecule has 6 heteroatoms. The van der Waals surface area contributed by atoms with Gasteiger partial charge in [-0.1, -0.05) is 6.42 Å². The average Bonchev–Trinajstić information content (AvgIpc) is 2.83. The van der Waals surface area contributed by atoms with Crippen molar-refractivity contribution >= 4 is 16.9 Å². The molecule has 1 aliphatic carbocycles. The van der Waals surface area contributed by atoms with Crippen molar-refractivity contribution in [3.05, 3.63) is 39.2 Å². The molecule has 0 saturated carbocycles. The fraction of sp³-hybridized carbons (Fsp3) is 0.615. The van der Waals surface area contributed by atoms with Gasteiger partial charge in [-0.3, -0.25) is 4.79 Å². The van der Waals surface area contributed by atoms with E-state index in [0.717, 1.165) is 54.3 Å². The zero-order valence-corrected chi connectivity index (χ0v) is 19.1. The Morgan fingerprint density at radius 3 is 2.78 bits per heavy atom. The number of piperidine rings is 2. The topological polar surface area (TPSA) is 71.8 Å². The molecule has 2 atom stereocenters. The van der Waals surface area contributed by atoms with Gasteiger partial charge in [-0.2, -0.15) is 0 Å². The number of hydrogen-bond donors (Lipinski definition) is 1. The van der Waals surface area contributed by atoms with Crippen LogP contribution in [-0.2, 0) is 17.6 Å². The highest BCUT2D eigenvalue weighted by Crippen LogP contribution is 2.33. The highest BCUT2D eigenvalue weighted by Gasteiger charge is 2.33. The van der Waals surface area contributed by atoms with Gasteiger partial charge in [-0.05, 0) is 95.0 Å². The van der Waals surface area contributed by atoms with Crippen LogP contribution in [-0.4, -0.2) is 43.1 Å². The monoisotopic (exact) mass is 438 g/mol. The second-order valence-corrected chi connectivity index (χ2v) is 9.71. The smallest absolute Gasteiger partial charge is 0.339 e. The Hall–Kier alpha value is -2.34. The minimum Gasteiger partial charge on any atom is -0.483 e. The summed E-state index contributed by atoms with van der Waals surface area (Å²) in [5.41, 5.74) is 3.10. The van der Waals surface area contributed by atoms with Crippen LogP contribution in [0, 0.1) is 12.8 Å². The highest BCUT2D eigenvalue weighted by atomic mass is 16.5. The zero-order chi connectivity index (χ0) is 22.1. The van der Waals surface area contributed by atoms with E-state index >= 15 is 0 Å². The molecule has 2 saturated heterocycles. The number of carbonyl (C=O) groups excluding carboxylic acids is 1. The van der Waals surface area contributed by atoms with Gasteiger partial charge in [-0.25, -0.2) is 4.79 Å². The van der Waals surface area contributed by atoms with Crippen molar-refractivity contribution in [2.24, 2.45) is 5.92 Å². The van der Waals surface area contributed by atoms with Crippen molar-refractivity contribution in [2.45, 2.75) is 70.8 Å². The lowest BCUT2D eigenvalue weighted by Gasteiger charge is -2.44. The molecule has 172 valence electrons. The molecule has 6 nitrogen and oxygen atoms in total. The lowest BCUT2D eigenvalue weighted by molar-refractivity contribution is -0.123. The standard InChI is InChI=1S/C26H34N2O4/c1-17-23(12-11-20-19-8-2-3-9-21(19)26(30)32-25(17)20)31-16-24(29)27-15-18-7-6-14-28-13-5-4-10-22(18)28/h11-12,18,22H,2-10,13-16H2,1H3,(H,27,29)/t18-,22-/m1/s1. The number of carbonyl (C=O) groups is 1. The molecule has 1 amide bonds. The van der Waals surface area contributed by atoms with Gasteiger partial charge in [0.1, 0.15) is 11.3 Å². The molecular formula is C26H34N2O4.